The quantitative estimate of drug-likeness (QED) is 0.662. The van der Waals surface area contributed by atoms with Crippen molar-refractivity contribution in [3.05, 3.63) is 23.8 Å². The van der Waals surface area contributed by atoms with Gasteiger partial charge >= 0.3 is 0 Å². The lowest BCUT2D eigenvalue weighted by Crippen LogP contribution is -2.35. The first-order valence-electron chi connectivity index (χ1n) is 8.60. The molecule has 0 radical (unpaired) electrons. The number of carbonyl (C=O) groups excluding carboxylic acids is 1. The first-order chi connectivity index (χ1) is 9.97. The molecular weight excluding hydrogens is 258 g/mol. The Labute approximate surface area is 130 Å². The molecule has 2 rings (SSSR count). The molecule has 1 fully saturated rings. The minimum absolute atomic E-state index is 0.330. The summed E-state index contributed by atoms with van der Waals surface area (Å²) in [7, 11) is 0. The van der Waals surface area contributed by atoms with E-state index in [9.17, 15) is 4.79 Å². The second kappa shape index (κ2) is 7.29. The summed E-state index contributed by atoms with van der Waals surface area (Å²) in [6.45, 7) is 10.6. The van der Waals surface area contributed by atoms with Crippen LogP contribution in [-0.2, 0) is 4.79 Å². The Hall–Kier alpha value is -1.05. The van der Waals surface area contributed by atoms with Crippen LogP contribution in [0.5, 0.6) is 0 Å². The third kappa shape index (κ3) is 5.01. The van der Waals surface area contributed by atoms with E-state index in [1.807, 2.05) is 0 Å². The predicted molar refractivity (Wildman–Crippen MR) is 88.9 cm³/mol. The summed E-state index contributed by atoms with van der Waals surface area (Å²) in [6, 6.07) is 0. The van der Waals surface area contributed by atoms with Gasteiger partial charge in [0.25, 0.3) is 0 Å². The number of rotatable bonds is 6. The molecule has 118 valence electrons. The number of hydrogen-bond acceptors (Lipinski definition) is 1. The summed E-state index contributed by atoms with van der Waals surface area (Å²) in [6.07, 6.45) is 11.7. The highest BCUT2D eigenvalue weighted by Crippen LogP contribution is 2.32. The van der Waals surface area contributed by atoms with E-state index >= 15 is 0 Å². The maximum atomic E-state index is 12.3. The van der Waals surface area contributed by atoms with Crippen molar-refractivity contribution in [2.75, 3.05) is 13.1 Å². The van der Waals surface area contributed by atoms with Crippen LogP contribution in [0.4, 0.5) is 0 Å². The lowest BCUT2D eigenvalue weighted by atomic mass is 9.82. The SMILES string of the molecule is CC1=CC(C)C(C=CCN(CC(C)C)C(=O)C2CC2)CC1. The maximum absolute atomic E-state index is 12.3. The van der Waals surface area contributed by atoms with Crippen molar-refractivity contribution in [3.8, 4) is 0 Å². The molecule has 0 aromatic carbocycles. The van der Waals surface area contributed by atoms with Gasteiger partial charge < -0.3 is 4.90 Å². The molecule has 0 aliphatic heterocycles. The van der Waals surface area contributed by atoms with Gasteiger partial charge in [0.05, 0.1) is 0 Å². The van der Waals surface area contributed by atoms with Gasteiger partial charge in [-0.3, -0.25) is 4.79 Å². The van der Waals surface area contributed by atoms with E-state index < -0.39 is 0 Å². The van der Waals surface area contributed by atoms with Crippen LogP contribution in [0.25, 0.3) is 0 Å². The first-order valence-corrected chi connectivity index (χ1v) is 8.60. The molecule has 1 amide bonds. The summed E-state index contributed by atoms with van der Waals surface area (Å²) in [5, 5.41) is 0. The zero-order chi connectivity index (χ0) is 15.4. The molecule has 0 heterocycles. The number of nitrogens with zero attached hydrogens (tertiary/aromatic N) is 1. The molecule has 0 saturated heterocycles. The molecule has 2 atom stereocenters. The Kier molecular flexibility index (Phi) is 5.66. The summed E-state index contributed by atoms with van der Waals surface area (Å²) in [5.41, 5.74) is 1.53. The number of carbonyl (C=O) groups is 1. The van der Waals surface area contributed by atoms with Crippen molar-refractivity contribution in [2.45, 2.75) is 53.4 Å². The fraction of sp³-hybridized carbons (Fsp3) is 0.737. The highest BCUT2D eigenvalue weighted by molar-refractivity contribution is 5.81. The van der Waals surface area contributed by atoms with Gasteiger partial charge in [-0.2, -0.15) is 0 Å². The van der Waals surface area contributed by atoms with Crippen LogP contribution in [-0.4, -0.2) is 23.9 Å². The number of amides is 1. The predicted octanol–water partition coefficient (Wildman–Crippen LogP) is 4.43. The van der Waals surface area contributed by atoms with E-state index in [4.69, 9.17) is 0 Å². The summed E-state index contributed by atoms with van der Waals surface area (Å²) in [4.78, 5) is 14.4. The molecule has 2 nitrogen and oxygen atoms in total. The normalized spacial score (nSPS) is 26.2. The molecule has 0 aromatic rings. The molecule has 0 bridgehead atoms. The third-order valence-corrected chi connectivity index (χ3v) is 4.63. The lowest BCUT2D eigenvalue weighted by Gasteiger charge is -2.26. The molecule has 0 N–H and O–H groups in total. The smallest absolute Gasteiger partial charge is 0.225 e. The summed E-state index contributed by atoms with van der Waals surface area (Å²) < 4.78 is 0. The molecule has 2 unspecified atom stereocenters. The van der Waals surface area contributed by atoms with Crippen LogP contribution in [0.1, 0.15) is 53.4 Å². The van der Waals surface area contributed by atoms with Crippen molar-refractivity contribution < 1.29 is 4.79 Å². The van der Waals surface area contributed by atoms with Crippen molar-refractivity contribution >= 4 is 5.91 Å². The summed E-state index contributed by atoms with van der Waals surface area (Å²) >= 11 is 0. The topological polar surface area (TPSA) is 20.3 Å². The van der Waals surface area contributed by atoms with Crippen LogP contribution in [0, 0.1) is 23.7 Å². The molecule has 2 heteroatoms. The first kappa shape index (κ1) is 16.3. The van der Waals surface area contributed by atoms with Crippen LogP contribution in [0.15, 0.2) is 23.8 Å². The fourth-order valence-corrected chi connectivity index (χ4v) is 3.23. The third-order valence-electron chi connectivity index (χ3n) is 4.63. The van der Waals surface area contributed by atoms with Gasteiger partial charge in [0.2, 0.25) is 5.91 Å². The molecule has 1 saturated carbocycles. The fourth-order valence-electron chi connectivity index (χ4n) is 3.23. The second-order valence-electron chi connectivity index (χ2n) is 7.41. The summed E-state index contributed by atoms with van der Waals surface area (Å²) in [5.74, 6) is 2.52. The van der Waals surface area contributed by atoms with Gasteiger partial charge in [-0.25, -0.2) is 0 Å². The largest absolute Gasteiger partial charge is 0.338 e. The van der Waals surface area contributed by atoms with Gasteiger partial charge in [-0.1, -0.05) is 44.6 Å². The Bertz CT molecular complexity index is 417. The standard InChI is InChI=1S/C19H31NO/c1-14(2)13-20(19(21)18-9-10-18)11-5-6-17-8-7-15(3)12-16(17)4/h5-6,12,14,16-18H,7-11,13H2,1-4H3. The Morgan fingerprint density at radius 1 is 1.38 bits per heavy atom. The van der Waals surface area contributed by atoms with E-state index in [1.165, 1.54) is 18.4 Å². The van der Waals surface area contributed by atoms with Crippen LogP contribution in [0.3, 0.4) is 0 Å². The van der Waals surface area contributed by atoms with Crippen molar-refractivity contribution in [2.24, 2.45) is 23.7 Å². The van der Waals surface area contributed by atoms with Gasteiger partial charge in [-0.05, 0) is 50.4 Å². The monoisotopic (exact) mass is 289 g/mol. The van der Waals surface area contributed by atoms with E-state index in [-0.39, 0.29) is 0 Å². The maximum Gasteiger partial charge on any atom is 0.225 e. The number of hydrogen-bond donors (Lipinski definition) is 0. The van der Waals surface area contributed by atoms with Crippen LogP contribution >= 0.6 is 0 Å². The van der Waals surface area contributed by atoms with E-state index in [0.717, 1.165) is 25.9 Å². The van der Waals surface area contributed by atoms with E-state index in [0.29, 0.717) is 29.6 Å². The molecular formula is C19H31NO. The zero-order valence-electron chi connectivity index (χ0n) is 14.1. The van der Waals surface area contributed by atoms with Crippen LogP contribution in [0.2, 0.25) is 0 Å². The average Bonchev–Trinajstić information content (AvgIpc) is 3.23. The Morgan fingerprint density at radius 3 is 2.67 bits per heavy atom. The molecule has 0 spiro atoms. The van der Waals surface area contributed by atoms with E-state index in [2.05, 4.69) is 50.8 Å². The van der Waals surface area contributed by atoms with Crippen molar-refractivity contribution in [1.82, 2.24) is 4.90 Å². The Balaban J connectivity index is 1.88. The van der Waals surface area contributed by atoms with Crippen LogP contribution < -0.4 is 0 Å². The van der Waals surface area contributed by atoms with Gasteiger partial charge in [0.15, 0.2) is 0 Å². The van der Waals surface area contributed by atoms with Crippen molar-refractivity contribution in [3.63, 3.8) is 0 Å². The second-order valence-corrected chi connectivity index (χ2v) is 7.41. The van der Waals surface area contributed by atoms with Gasteiger partial charge in [-0.15, -0.1) is 0 Å². The molecule has 21 heavy (non-hydrogen) atoms. The number of allylic oxidation sites excluding steroid dienone is 3. The minimum Gasteiger partial charge on any atom is -0.338 e. The van der Waals surface area contributed by atoms with Crippen molar-refractivity contribution in [1.29, 1.82) is 0 Å². The van der Waals surface area contributed by atoms with Gasteiger partial charge in [0.1, 0.15) is 0 Å². The highest BCUT2D eigenvalue weighted by Gasteiger charge is 2.33. The zero-order valence-corrected chi connectivity index (χ0v) is 14.1. The van der Waals surface area contributed by atoms with Gasteiger partial charge in [0, 0.05) is 19.0 Å². The average molecular weight is 289 g/mol. The highest BCUT2D eigenvalue weighted by atomic mass is 16.2. The van der Waals surface area contributed by atoms with E-state index in [1.54, 1.807) is 0 Å². The lowest BCUT2D eigenvalue weighted by molar-refractivity contribution is -0.132. The molecule has 2 aliphatic carbocycles. The minimum atomic E-state index is 0.330. The molecule has 0 aromatic heterocycles. The Morgan fingerprint density at radius 2 is 2.10 bits per heavy atom. The molecule has 2 aliphatic rings.